The molecule has 6 aromatic carbocycles. The topological polar surface area (TPSA) is 194 Å². The molecule has 59 heavy (non-hydrogen) atoms. The molecule has 2 heterocycles. The molecule has 0 saturated carbocycles. The smallest absolute Gasteiger partial charge is 0.408 e. The van der Waals surface area contributed by atoms with Crippen molar-refractivity contribution in [3.05, 3.63) is 141 Å². The third-order valence-corrected chi connectivity index (χ3v) is 9.93. The van der Waals surface area contributed by atoms with Crippen molar-refractivity contribution < 1.29 is 29.0 Å². The Morgan fingerprint density at radius 3 is 1.54 bits per heavy atom. The average Bonchev–Trinajstić information content (AvgIpc) is 3.19. The number of ether oxygens (including phenoxy) is 2. The van der Waals surface area contributed by atoms with E-state index >= 15 is 0 Å². The van der Waals surface area contributed by atoms with Crippen LogP contribution in [0.1, 0.15) is 38.8 Å². The van der Waals surface area contributed by atoms with Gasteiger partial charge in [-0.05, 0) is 115 Å². The van der Waals surface area contributed by atoms with Crippen molar-refractivity contribution in [1.82, 2.24) is 15.3 Å². The maximum atomic E-state index is 13.2. The van der Waals surface area contributed by atoms with E-state index in [0.717, 1.165) is 43.7 Å². The molecule has 12 heteroatoms. The maximum Gasteiger partial charge on any atom is 0.408 e. The van der Waals surface area contributed by atoms with E-state index in [1.807, 2.05) is 91.0 Å². The van der Waals surface area contributed by atoms with Gasteiger partial charge in [-0.25, -0.2) is 9.59 Å². The van der Waals surface area contributed by atoms with Crippen molar-refractivity contribution in [2.24, 2.45) is 5.73 Å². The molecule has 2 aromatic heterocycles. The zero-order valence-electron chi connectivity index (χ0n) is 33.1. The number of esters is 1. The number of carbonyl (C=O) groups is 3. The van der Waals surface area contributed by atoms with Crippen LogP contribution >= 0.6 is 0 Å². The first-order valence-corrected chi connectivity index (χ1v) is 19.3. The van der Waals surface area contributed by atoms with Gasteiger partial charge in [0.25, 0.3) is 0 Å². The minimum Gasteiger partial charge on any atom is -0.480 e. The Morgan fingerprint density at radius 1 is 0.661 bits per heavy atom. The number of amides is 1. The van der Waals surface area contributed by atoms with E-state index < -0.39 is 35.7 Å². The first kappa shape index (κ1) is 40.2. The molecule has 0 bridgehead atoms. The molecule has 0 fully saturated rings. The van der Waals surface area contributed by atoms with Crippen LogP contribution in [0.3, 0.4) is 0 Å². The molecule has 0 unspecified atom stereocenters. The summed E-state index contributed by atoms with van der Waals surface area (Å²) in [7, 11) is 0. The van der Waals surface area contributed by atoms with Gasteiger partial charge in [-0.15, -0.1) is 0 Å². The SMILES string of the molecule is CC(C)(C)OC(=O)N[C@H](Cc1ccc2[nH]c3cc4ccccc4cc3c(=O)c2c1)C(=O)O.CCOC(=O)[C@H](N)Cc1ccc2[nH]c3cc4ccccc4cc3c(=O)c2c1. The number of carboxylic acid groups (broad SMARTS) is 1. The predicted molar refractivity (Wildman–Crippen MR) is 232 cm³/mol. The number of carboxylic acids is 1. The zero-order chi connectivity index (χ0) is 42.0. The van der Waals surface area contributed by atoms with Crippen LogP contribution in [0.5, 0.6) is 0 Å². The minimum absolute atomic E-state index is 0.0136. The van der Waals surface area contributed by atoms with Crippen molar-refractivity contribution in [2.45, 2.75) is 58.2 Å². The number of carbonyl (C=O) groups excluding carboxylic acids is 2. The highest BCUT2D eigenvalue weighted by atomic mass is 16.6. The number of alkyl carbamates (subject to hydrolysis) is 1. The second kappa shape index (κ2) is 16.4. The summed E-state index contributed by atoms with van der Waals surface area (Å²) in [5.41, 5.74) is 9.42. The number of fused-ring (bicyclic) bond motifs is 6. The van der Waals surface area contributed by atoms with Crippen LogP contribution < -0.4 is 21.9 Å². The van der Waals surface area contributed by atoms with Gasteiger partial charge in [-0.3, -0.25) is 14.4 Å². The number of rotatable bonds is 8. The number of aromatic nitrogens is 2. The molecule has 0 aliphatic heterocycles. The van der Waals surface area contributed by atoms with E-state index in [0.29, 0.717) is 45.7 Å². The Bertz CT molecular complexity index is 3050. The highest BCUT2D eigenvalue weighted by molar-refractivity contribution is 6.02. The Morgan fingerprint density at radius 2 is 1.10 bits per heavy atom. The van der Waals surface area contributed by atoms with Crippen LogP contribution in [-0.2, 0) is 31.9 Å². The summed E-state index contributed by atoms with van der Waals surface area (Å²) in [5.74, 6) is -1.62. The van der Waals surface area contributed by atoms with Gasteiger partial charge >= 0.3 is 18.0 Å². The van der Waals surface area contributed by atoms with Crippen LogP contribution in [-0.4, -0.2) is 57.4 Å². The molecule has 300 valence electrons. The van der Waals surface area contributed by atoms with Crippen molar-refractivity contribution in [3.63, 3.8) is 0 Å². The number of aromatic amines is 2. The number of nitrogens with two attached hydrogens (primary N) is 1. The molecule has 0 saturated heterocycles. The van der Waals surface area contributed by atoms with Gasteiger partial charge in [-0.1, -0.05) is 60.7 Å². The number of nitrogens with one attached hydrogen (secondary N) is 3. The molecule has 12 nitrogen and oxygen atoms in total. The summed E-state index contributed by atoms with van der Waals surface area (Å²) >= 11 is 0. The number of hydrogen-bond acceptors (Lipinski definition) is 8. The van der Waals surface area contributed by atoms with E-state index in [4.69, 9.17) is 15.2 Å². The number of hydrogen-bond donors (Lipinski definition) is 5. The summed E-state index contributed by atoms with van der Waals surface area (Å²) in [4.78, 5) is 68.4. The molecule has 6 N–H and O–H groups in total. The van der Waals surface area contributed by atoms with E-state index in [-0.39, 0.29) is 17.3 Å². The normalized spacial score (nSPS) is 12.6. The number of H-pyrrole nitrogens is 2. The Kier molecular flexibility index (Phi) is 11.2. The van der Waals surface area contributed by atoms with Gasteiger partial charge in [0.2, 0.25) is 0 Å². The molecule has 0 radical (unpaired) electrons. The lowest BCUT2D eigenvalue weighted by Crippen LogP contribution is -2.44. The number of aliphatic carboxylic acids is 1. The quantitative estimate of drug-likeness (QED) is 0.0760. The van der Waals surface area contributed by atoms with E-state index in [2.05, 4.69) is 15.3 Å². The van der Waals surface area contributed by atoms with Crippen molar-refractivity contribution in [2.75, 3.05) is 6.61 Å². The summed E-state index contributed by atoms with van der Waals surface area (Å²) in [6.07, 6.45) is -0.467. The third-order valence-electron chi connectivity index (χ3n) is 9.93. The first-order chi connectivity index (χ1) is 28.2. The fourth-order valence-corrected chi connectivity index (χ4v) is 7.15. The third kappa shape index (κ3) is 8.93. The maximum absolute atomic E-state index is 13.2. The van der Waals surface area contributed by atoms with Crippen LogP contribution in [0.25, 0.3) is 65.2 Å². The molecule has 0 spiro atoms. The standard InChI is InChI=1S/C25H24N2O5.C22H20N2O3/c1-25(2,3)32-24(31)27-21(23(29)30)11-14-8-9-19-17(10-14)22(28)18-12-15-6-4-5-7-16(15)13-20(18)26-19;1-2-27-22(26)18(23)10-13-7-8-19-16(9-13)21(25)17-11-14-5-3-4-6-15(14)12-20(17)24-19/h4-10,12-13,21H,11H2,1-3H3,(H,26,28)(H,27,31)(H,29,30);3-9,11-12,18H,2,10,23H2,1H3,(H,24,25)/t21-;18-/m11/s1. The van der Waals surface area contributed by atoms with Gasteiger partial charge in [0, 0.05) is 39.0 Å². The van der Waals surface area contributed by atoms with Gasteiger partial charge < -0.3 is 35.6 Å². The predicted octanol–water partition coefficient (Wildman–Crippen LogP) is 7.62. The van der Waals surface area contributed by atoms with Crippen LogP contribution in [0, 0.1) is 0 Å². The molecular weight excluding hydrogens is 749 g/mol. The highest BCUT2D eigenvalue weighted by Crippen LogP contribution is 2.24. The molecule has 0 aliphatic carbocycles. The lowest BCUT2D eigenvalue weighted by Gasteiger charge is -2.22. The molecule has 8 aromatic rings. The lowest BCUT2D eigenvalue weighted by molar-refractivity contribution is -0.144. The average molecular weight is 793 g/mol. The number of benzene rings is 6. The van der Waals surface area contributed by atoms with Crippen LogP contribution in [0.2, 0.25) is 0 Å². The summed E-state index contributed by atoms with van der Waals surface area (Å²) in [5, 5.41) is 18.3. The fraction of sp³-hybridized carbons (Fsp3) is 0.213. The second-order valence-electron chi connectivity index (χ2n) is 15.5. The number of pyridine rings is 2. The van der Waals surface area contributed by atoms with E-state index in [1.165, 1.54) is 0 Å². The van der Waals surface area contributed by atoms with Crippen molar-refractivity contribution in [1.29, 1.82) is 0 Å². The van der Waals surface area contributed by atoms with Gasteiger partial charge in [0.05, 0.1) is 17.6 Å². The van der Waals surface area contributed by atoms with Crippen LogP contribution in [0.4, 0.5) is 4.79 Å². The molecular formula is C47H44N4O8. The highest BCUT2D eigenvalue weighted by Gasteiger charge is 2.25. The Labute approximate surface area is 337 Å². The largest absolute Gasteiger partial charge is 0.480 e. The summed E-state index contributed by atoms with van der Waals surface area (Å²) < 4.78 is 10.1. The molecule has 2 atom stereocenters. The Balaban J connectivity index is 0.000000181. The Hall–Kier alpha value is -7.05. The lowest BCUT2D eigenvalue weighted by atomic mass is 10.0. The van der Waals surface area contributed by atoms with Gasteiger partial charge in [0.15, 0.2) is 10.9 Å². The van der Waals surface area contributed by atoms with E-state index in [1.54, 1.807) is 45.9 Å². The second-order valence-corrected chi connectivity index (χ2v) is 15.5. The summed E-state index contributed by atoms with van der Waals surface area (Å²) in [6, 6.07) is 32.3. The molecule has 0 aliphatic rings. The van der Waals surface area contributed by atoms with Crippen LogP contribution in [0.15, 0.2) is 119 Å². The van der Waals surface area contributed by atoms with Gasteiger partial charge in [-0.2, -0.15) is 0 Å². The first-order valence-electron chi connectivity index (χ1n) is 19.3. The van der Waals surface area contributed by atoms with Gasteiger partial charge in [0.1, 0.15) is 17.7 Å². The molecule has 8 rings (SSSR count). The monoisotopic (exact) mass is 792 g/mol. The van der Waals surface area contributed by atoms with E-state index in [9.17, 15) is 29.1 Å². The van der Waals surface area contributed by atoms with Crippen molar-refractivity contribution in [3.8, 4) is 0 Å². The molecule has 1 amide bonds. The minimum atomic E-state index is -1.19. The summed E-state index contributed by atoms with van der Waals surface area (Å²) in [6.45, 7) is 7.14. The fourth-order valence-electron chi connectivity index (χ4n) is 7.15. The zero-order valence-corrected chi connectivity index (χ0v) is 33.1. The van der Waals surface area contributed by atoms with Crippen molar-refractivity contribution >= 4 is 83.2 Å².